The van der Waals surface area contributed by atoms with Gasteiger partial charge in [-0.15, -0.1) is 0 Å². The molecule has 0 heterocycles. The number of anilines is 6. The van der Waals surface area contributed by atoms with Gasteiger partial charge in [-0.05, 0) is 109 Å². The van der Waals surface area contributed by atoms with Gasteiger partial charge in [-0.3, -0.25) is 0 Å². The minimum Gasteiger partial charge on any atom is -0.308 e. The van der Waals surface area contributed by atoms with Crippen molar-refractivity contribution >= 4 is 55.7 Å². The Kier molecular flexibility index (Phi) is 9.17. The topological polar surface area (TPSA) is 6.48 Å². The quantitative estimate of drug-likeness (QED) is 0.114. The fraction of sp³-hybridized carbons (Fsp3) is 0.0741. The van der Waals surface area contributed by atoms with Gasteiger partial charge >= 0.3 is 0 Å². The molecular formula is C54H44N2. The standard InChI is InChI=1S/C54H44N2/c1-37-13-21-41(22-14-37)43-25-33-47(34-26-43)55(45-29-17-39(3)18-30-45)53-51-11-7-5-9-49(51)50-10-6-8-12-52(50)54(53)56(46-31-19-40(4)20-32-46)48-35-27-44(28-36-48)42-23-15-38(2)16-24-42/h5-36H,1-4H3. The molecule has 56 heavy (non-hydrogen) atoms. The monoisotopic (exact) mass is 720 g/mol. The Morgan fingerprint density at radius 3 is 0.732 bits per heavy atom. The maximum atomic E-state index is 2.46. The van der Waals surface area contributed by atoms with E-state index in [9.17, 15) is 0 Å². The van der Waals surface area contributed by atoms with E-state index >= 15 is 0 Å². The summed E-state index contributed by atoms with van der Waals surface area (Å²) in [6.07, 6.45) is 0. The van der Waals surface area contributed by atoms with Crippen molar-refractivity contribution in [2.24, 2.45) is 0 Å². The first kappa shape index (κ1) is 34.8. The van der Waals surface area contributed by atoms with Crippen LogP contribution in [0.3, 0.4) is 0 Å². The highest BCUT2D eigenvalue weighted by molar-refractivity contribution is 6.23. The van der Waals surface area contributed by atoms with Crippen molar-refractivity contribution in [3.63, 3.8) is 0 Å². The number of hydrogen-bond donors (Lipinski definition) is 0. The summed E-state index contributed by atoms with van der Waals surface area (Å²) in [4.78, 5) is 4.93. The van der Waals surface area contributed by atoms with E-state index in [1.165, 1.54) is 66.1 Å². The van der Waals surface area contributed by atoms with E-state index in [2.05, 4.69) is 232 Å². The lowest BCUT2D eigenvalue weighted by Crippen LogP contribution is -2.18. The fourth-order valence-corrected chi connectivity index (χ4v) is 7.86. The summed E-state index contributed by atoms with van der Waals surface area (Å²) in [7, 11) is 0. The third-order valence-corrected chi connectivity index (χ3v) is 10.9. The van der Waals surface area contributed by atoms with E-state index in [1.807, 2.05) is 0 Å². The van der Waals surface area contributed by atoms with Gasteiger partial charge in [0.25, 0.3) is 0 Å². The summed E-state index contributed by atoms with van der Waals surface area (Å²) in [5.74, 6) is 0. The summed E-state index contributed by atoms with van der Waals surface area (Å²) >= 11 is 0. The van der Waals surface area contributed by atoms with Crippen molar-refractivity contribution < 1.29 is 0 Å². The van der Waals surface area contributed by atoms with Gasteiger partial charge in [0.15, 0.2) is 0 Å². The Morgan fingerprint density at radius 1 is 0.232 bits per heavy atom. The maximum Gasteiger partial charge on any atom is 0.0788 e. The van der Waals surface area contributed by atoms with Crippen LogP contribution in [0.25, 0.3) is 43.8 Å². The second kappa shape index (κ2) is 14.7. The smallest absolute Gasteiger partial charge is 0.0788 e. The minimum atomic E-state index is 1.09. The molecule has 0 spiro atoms. The van der Waals surface area contributed by atoms with Crippen LogP contribution in [-0.2, 0) is 0 Å². The van der Waals surface area contributed by atoms with E-state index in [4.69, 9.17) is 0 Å². The first-order chi connectivity index (χ1) is 27.4. The minimum absolute atomic E-state index is 1.09. The lowest BCUT2D eigenvalue weighted by molar-refractivity contribution is 1.24. The molecule has 0 radical (unpaired) electrons. The second-order valence-corrected chi connectivity index (χ2v) is 15.0. The zero-order valence-corrected chi connectivity index (χ0v) is 32.4. The van der Waals surface area contributed by atoms with Crippen LogP contribution in [0, 0.1) is 27.7 Å². The predicted molar refractivity (Wildman–Crippen MR) is 241 cm³/mol. The van der Waals surface area contributed by atoms with Gasteiger partial charge < -0.3 is 9.80 Å². The van der Waals surface area contributed by atoms with Crippen LogP contribution >= 0.6 is 0 Å². The Labute approximate surface area is 330 Å². The van der Waals surface area contributed by atoms with Gasteiger partial charge in [0.05, 0.1) is 11.4 Å². The number of nitrogens with zero attached hydrogens (tertiary/aromatic N) is 2. The summed E-state index contributed by atoms with van der Waals surface area (Å²) < 4.78 is 0. The van der Waals surface area contributed by atoms with Crippen molar-refractivity contribution in [3.05, 3.63) is 216 Å². The van der Waals surface area contributed by atoms with Gasteiger partial charge in [-0.25, -0.2) is 0 Å². The van der Waals surface area contributed by atoms with Crippen LogP contribution in [0.15, 0.2) is 194 Å². The second-order valence-electron chi connectivity index (χ2n) is 15.0. The summed E-state index contributed by atoms with van der Waals surface area (Å²) in [6.45, 7) is 8.58. The number of hydrogen-bond acceptors (Lipinski definition) is 2. The molecule has 0 fully saturated rings. The molecule has 0 aliphatic carbocycles. The summed E-state index contributed by atoms with van der Waals surface area (Å²) in [5.41, 5.74) is 16.4. The number of aryl methyl sites for hydroxylation is 4. The molecule has 0 atom stereocenters. The number of fused-ring (bicyclic) bond motifs is 3. The van der Waals surface area contributed by atoms with Gasteiger partial charge in [0.1, 0.15) is 0 Å². The van der Waals surface area contributed by atoms with Crippen molar-refractivity contribution in [3.8, 4) is 22.3 Å². The number of benzene rings is 9. The van der Waals surface area contributed by atoms with E-state index in [0.717, 1.165) is 34.1 Å². The highest BCUT2D eigenvalue weighted by atomic mass is 15.2. The van der Waals surface area contributed by atoms with E-state index in [-0.39, 0.29) is 0 Å². The predicted octanol–water partition coefficient (Wildman–Crippen LogP) is 15.5. The molecule has 2 heteroatoms. The molecule has 0 N–H and O–H groups in total. The molecule has 0 aliphatic rings. The van der Waals surface area contributed by atoms with Gasteiger partial charge in [-0.1, -0.05) is 168 Å². The van der Waals surface area contributed by atoms with Crippen LogP contribution in [0.2, 0.25) is 0 Å². The Balaban J connectivity index is 1.34. The third-order valence-electron chi connectivity index (χ3n) is 10.9. The number of rotatable bonds is 8. The van der Waals surface area contributed by atoms with Crippen molar-refractivity contribution in [1.82, 2.24) is 0 Å². The maximum absolute atomic E-state index is 2.46. The van der Waals surface area contributed by atoms with Gasteiger partial charge in [0, 0.05) is 33.5 Å². The van der Waals surface area contributed by atoms with Gasteiger partial charge in [0.2, 0.25) is 0 Å². The fourth-order valence-electron chi connectivity index (χ4n) is 7.86. The normalized spacial score (nSPS) is 11.2. The molecule has 0 aromatic heterocycles. The van der Waals surface area contributed by atoms with E-state index in [1.54, 1.807) is 0 Å². The van der Waals surface area contributed by atoms with Crippen LogP contribution in [0.4, 0.5) is 34.1 Å². The molecule has 9 rings (SSSR count). The largest absolute Gasteiger partial charge is 0.308 e. The average molecular weight is 721 g/mol. The van der Waals surface area contributed by atoms with E-state index < -0.39 is 0 Å². The molecule has 0 saturated carbocycles. The summed E-state index contributed by atoms with van der Waals surface area (Å²) in [6, 6.07) is 71.3. The van der Waals surface area contributed by atoms with Crippen LogP contribution in [0.1, 0.15) is 22.3 Å². The molecule has 0 amide bonds. The highest BCUT2D eigenvalue weighted by Gasteiger charge is 2.27. The average Bonchev–Trinajstić information content (AvgIpc) is 3.24. The van der Waals surface area contributed by atoms with Crippen molar-refractivity contribution in [2.75, 3.05) is 9.80 Å². The molecule has 0 unspecified atom stereocenters. The molecule has 0 saturated heterocycles. The first-order valence-electron chi connectivity index (χ1n) is 19.4. The molecule has 270 valence electrons. The van der Waals surface area contributed by atoms with Crippen molar-refractivity contribution in [2.45, 2.75) is 27.7 Å². The third kappa shape index (κ3) is 6.61. The molecule has 9 aromatic rings. The lowest BCUT2D eigenvalue weighted by Gasteiger charge is -2.35. The van der Waals surface area contributed by atoms with Crippen LogP contribution < -0.4 is 9.80 Å². The molecule has 9 aromatic carbocycles. The first-order valence-corrected chi connectivity index (χ1v) is 19.4. The Bertz CT molecular complexity index is 2580. The Morgan fingerprint density at radius 2 is 0.446 bits per heavy atom. The van der Waals surface area contributed by atoms with Crippen LogP contribution in [-0.4, -0.2) is 0 Å². The SMILES string of the molecule is Cc1ccc(-c2ccc(N(c3ccc(C)cc3)c3c(N(c4ccc(C)cc4)c4ccc(-c5ccc(C)cc5)cc4)c4ccccc4c4ccccc34)cc2)cc1. The molecule has 2 nitrogen and oxygen atoms in total. The zero-order valence-electron chi connectivity index (χ0n) is 32.4. The van der Waals surface area contributed by atoms with Crippen LogP contribution in [0.5, 0.6) is 0 Å². The lowest BCUT2D eigenvalue weighted by atomic mass is 9.95. The summed E-state index contributed by atoms with van der Waals surface area (Å²) in [5, 5.41) is 4.79. The van der Waals surface area contributed by atoms with Crippen molar-refractivity contribution in [1.29, 1.82) is 0 Å². The highest BCUT2D eigenvalue weighted by Crippen LogP contribution is 2.53. The molecule has 0 aliphatic heterocycles. The van der Waals surface area contributed by atoms with E-state index in [0.29, 0.717) is 0 Å². The van der Waals surface area contributed by atoms with Gasteiger partial charge in [-0.2, -0.15) is 0 Å². The zero-order chi connectivity index (χ0) is 38.2. The molecular weight excluding hydrogens is 677 g/mol. The Hall–Kier alpha value is -6.90. The molecule has 0 bridgehead atoms.